The normalized spacial score (nSPS) is 17.9. The first kappa shape index (κ1) is 12.1. The molecule has 0 aromatic carbocycles. The van der Waals surface area contributed by atoms with Gasteiger partial charge in [0.2, 0.25) is 0 Å². The maximum atomic E-state index is 10.9. The second-order valence-electron chi connectivity index (χ2n) is 4.99. The van der Waals surface area contributed by atoms with E-state index in [2.05, 4.69) is 17.2 Å². The van der Waals surface area contributed by atoms with E-state index in [-0.39, 0.29) is 0 Å². The molecule has 0 bridgehead atoms. The van der Waals surface area contributed by atoms with E-state index >= 15 is 0 Å². The minimum absolute atomic E-state index is 0.381. The van der Waals surface area contributed by atoms with Gasteiger partial charge >= 0.3 is 0 Å². The highest BCUT2D eigenvalue weighted by molar-refractivity contribution is 5.82. The van der Waals surface area contributed by atoms with Crippen LogP contribution in [0.1, 0.15) is 49.4 Å². The number of rotatable bonds is 5. The smallest absolute Gasteiger partial charge is 0.153 e. The molecule has 1 heterocycles. The lowest BCUT2D eigenvalue weighted by Gasteiger charge is -2.19. The van der Waals surface area contributed by atoms with Crippen LogP contribution >= 0.6 is 0 Å². The van der Waals surface area contributed by atoms with Crippen LogP contribution in [-0.4, -0.2) is 17.3 Å². The van der Waals surface area contributed by atoms with Crippen LogP contribution < -0.4 is 5.32 Å². The van der Waals surface area contributed by atoms with Gasteiger partial charge in [0.05, 0.1) is 5.56 Å². The topological polar surface area (TPSA) is 42.0 Å². The van der Waals surface area contributed by atoms with Gasteiger partial charge in [0.15, 0.2) is 6.29 Å². The summed E-state index contributed by atoms with van der Waals surface area (Å²) in [6.07, 6.45) is 9.22. The summed E-state index contributed by atoms with van der Waals surface area (Å²) in [5.74, 6) is 1.56. The second-order valence-corrected chi connectivity index (χ2v) is 4.99. The van der Waals surface area contributed by atoms with Gasteiger partial charge in [0.1, 0.15) is 5.82 Å². The Labute approximate surface area is 103 Å². The predicted molar refractivity (Wildman–Crippen MR) is 69.3 cm³/mol. The van der Waals surface area contributed by atoms with E-state index in [0.29, 0.717) is 17.4 Å². The van der Waals surface area contributed by atoms with Crippen LogP contribution in [0.2, 0.25) is 0 Å². The molecule has 0 amide bonds. The number of aromatic nitrogens is 1. The highest BCUT2D eigenvalue weighted by atomic mass is 16.1. The van der Waals surface area contributed by atoms with Crippen molar-refractivity contribution in [3.05, 3.63) is 23.9 Å². The first-order chi connectivity index (χ1) is 8.29. The summed E-state index contributed by atoms with van der Waals surface area (Å²) in [7, 11) is 0. The average molecular weight is 232 g/mol. The summed E-state index contributed by atoms with van der Waals surface area (Å²) in [6.45, 7) is 2.17. The molecule has 0 spiro atoms. The number of nitrogens with zero attached hydrogens (tertiary/aromatic N) is 1. The zero-order valence-corrected chi connectivity index (χ0v) is 10.4. The molecule has 17 heavy (non-hydrogen) atoms. The third-order valence-corrected chi connectivity index (χ3v) is 3.51. The molecule has 1 saturated carbocycles. The number of carbonyl (C=O) groups is 1. The fourth-order valence-corrected chi connectivity index (χ4v) is 2.67. The Morgan fingerprint density at radius 2 is 2.29 bits per heavy atom. The summed E-state index contributed by atoms with van der Waals surface area (Å²) < 4.78 is 0. The molecule has 1 N–H and O–H groups in total. The summed E-state index contributed by atoms with van der Waals surface area (Å²) in [6, 6.07) is 3.97. The van der Waals surface area contributed by atoms with Gasteiger partial charge in [-0.15, -0.1) is 0 Å². The lowest BCUT2D eigenvalue weighted by Crippen LogP contribution is -2.20. The van der Waals surface area contributed by atoms with Gasteiger partial charge in [-0.3, -0.25) is 4.79 Å². The Bertz CT molecular complexity index is 372. The molecule has 92 valence electrons. The van der Waals surface area contributed by atoms with Crippen LogP contribution in [0.15, 0.2) is 18.3 Å². The lowest BCUT2D eigenvalue weighted by atomic mass is 9.99. The molecular weight excluding hydrogens is 212 g/mol. The van der Waals surface area contributed by atoms with Gasteiger partial charge in [-0.25, -0.2) is 4.98 Å². The number of aldehydes is 1. The Morgan fingerprint density at radius 3 is 3.00 bits per heavy atom. The first-order valence-corrected chi connectivity index (χ1v) is 6.46. The monoisotopic (exact) mass is 232 g/mol. The molecule has 0 saturated heterocycles. The number of pyridine rings is 1. The zero-order valence-electron chi connectivity index (χ0n) is 10.4. The van der Waals surface area contributed by atoms with E-state index in [9.17, 15) is 4.79 Å². The van der Waals surface area contributed by atoms with Gasteiger partial charge in [-0.05, 0) is 31.4 Å². The van der Waals surface area contributed by atoms with Gasteiger partial charge in [-0.1, -0.05) is 25.7 Å². The Morgan fingerprint density at radius 1 is 1.53 bits per heavy atom. The molecule has 0 radical (unpaired) electrons. The van der Waals surface area contributed by atoms with Crippen LogP contribution in [0.25, 0.3) is 0 Å². The van der Waals surface area contributed by atoms with Crippen LogP contribution in [0.5, 0.6) is 0 Å². The molecule has 1 atom stereocenters. The first-order valence-electron chi connectivity index (χ1n) is 6.46. The fourth-order valence-electron chi connectivity index (χ4n) is 2.67. The minimum Gasteiger partial charge on any atom is -0.367 e. The SMILES string of the molecule is CC(CC1CCCC1)Nc1ncccc1C=O. The van der Waals surface area contributed by atoms with Gasteiger partial charge in [0.25, 0.3) is 0 Å². The number of anilines is 1. The molecule has 1 aromatic heterocycles. The Balaban J connectivity index is 1.92. The van der Waals surface area contributed by atoms with Crippen LogP contribution in [0, 0.1) is 5.92 Å². The molecule has 1 fully saturated rings. The van der Waals surface area contributed by atoms with Crippen molar-refractivity contribution in [2.24, 2.45) is 5.92 Å². The average Bonchev–Trinajstić information content (AvgIpc) is 2.82. The fraction of sp³-hybridized carbons (Fsp3) is 0.571. The minimum atomic E-state index is 0.381. The molecule has 1 aliphatic rings. The van der Waals surface area contributed by atoms with Crippen LogP contribution in [0.4, 0.5) is 5.82 Å². The van der Waals surface area contributed by atoms with Crippen molar-refractivity contribution in [3.63, 3.8) is 0 Å². The van der Waals surface area contributed by atoms with E-state index < -0.39 is 0 Å². The van der Waals surface area contributed by atoms with E-state index in [1.165, 1.54) is 32.1 Å². The second kappa shape index (κ2) is 5.80. The molecule has 3 heteroatoms. The number of hydrogen-bond donors (Lipinski definition) is 1. The summed E-state index contributed by atoms with van der Waals surface area (Å²) in [5.41, 5.74) is 0.644. The molecular formula is C14H20N2O. The van der Waals surface area contributed by atoms with Crippen molar-refractivity contribution in [1.29, 1.82) is 0 Å². The maximum absolute atomic E-state index is 10.9. The molecule has 2 rings (SSSR count). The largest absolute Gasteiger partial charge is 0.367 e. The molecule has 1 aliphatic carbocycles. The highest BCUT2D eigenvalue weighted by Gasteiger charge is 2.18. The Hall–Kier alpha value is -1.38. The third-order valence-electron chi connectivity index (χ3n) is 3.51. The van der Waals surface area contributed by atoms with Crippen molar-refractivity contribution in [3.8, 4) is 0 Å². The predicted octanol–water partition coefficient (Wildman–Crippen LogP) is 3.27. The van der Waals surface area contributed by atoms with Crippen molar-refractivity contribution in [1.82, 2.24) is 4.98 Å². The van der Waals surface area contributed by atoms with Crippen molar-refractivity contribution in [2.45, 2.75) is 45.1 Å². The van der Waals surface area contributed by atoms with E-state index in [4.69, 9.17) is 0 Å². The summed E-state index contributed by atoms with van der Waals surface area (Å²) >= 11 is 0. The summed E-state index contributed by atoms with van der Waals surface area (Å²) in [5, 5.41) is 3.35. The standard InChI is InChI=1S/C14H20N2O/c1-11(9-12-5-2-3-6-12)16-14-13(10-17)7-4-8-15-14/h4,7-8,10-12H,2-3,5-6,9H2,1H3,(H,15,16). The molecule has 0 aliphatic heterocycles. The number of nitrogens with one attached hydrogen (secondary N) is 1. The van der Waals surface area contributed by atoms with Crippen molar-refractivity contribution in [2.75, 3.05) is 5.32 Å². The molecule has 1 aromatic rings. The van der Waals surface area contributed by atoms with E-state index in [1.54, 1.807) is 18.3 Å². The molecule has 1 unspecified atom stereocenters. The Kier molecular flexibility index (Phi) is 4.13. The quantitative estimate of drug-likeness (QED) is 0.792. The third kappa shape index (κ3) is 3.29. The number of carbonyl (C=O) groups excluding carboxylic acids is 1. The lowest BCUT2D eigenvalue weighted by molar-refractivity contribution is 0.112. The van der Waals surface area contributed by atoms with E-state index in [0.717, 1.165) is 12.2 Å². The van der Waals surface area contributed by atoms with E-state index in [1.807, 2.05) is 0 Å². The van der Waals surface area contributed by atoms with Crippen molar-refractivity contribution < 1.29 is 4.79 Å². The van der Waals surface area contributed by atoms with Gasteiger partial charge in [0, 0.05) is 12.2 Å². The maximum Gasteiger partial charge on any atom is 0.153 e. The number of hydrogen-bond acceptors (Lipinski definition) is 3. The van der Waals surface area contributed by atoms with Gasteiger partial charge in [-0.2, -0.15) is 0 Å². The van der Waals surface area contributed by atoms with Gasteiger partial charge < -0.3 is 5.32 Å². The van der Waals surface area contributed by atoms with Crippen molar-refractivity contribution >= 4 is 12.1 Å². The zero-order chi connectivity index (χ0) is 12.1. The van der Waals surface area contributed by atoms with Crippen LogP contribution in [0.3, 0.4) is 0 Å². The highest BCUT2D eigenvalue weighted by Crippen LogP contribution is 2.29. The van der Waals surface area contributed by atoms with Crippen LogP contribution in [-0.2, 0) is 0 Å². The molecule has 3 nitrogen and oxygen atoms in total. The summed E-state index contributed by atoms with van der Waals surface area (Å²) in [4.78, 5) is 15.1.